The van der Waals surface area contributed by atoms with E-state index in [1.165, 1.54) is 0 Å². The fraction of sp³-hybridized carbons (Fsp3) is 0.111. The van der Waals surface area contributed by atoms with Gasteiger partial charge >= 0.3 is 0 Å². The zero-order chi connectivity index (χ0) is 8.84. The van der Waals surface area contributed by atoms with Gasteiger partial charge in [0.15, 0.2) is 0 Å². The van der Waals surface area contributed by atoms with Gasteiger partial charge in [-0.05, 0) is 12.1 Å². The summed E-state index contributed by atoms with van der Waals surface area (Å²) in [6.45, 7) is 0.583. The fourth-order valence-electron chi connectivity index (χ4n) is 1.66. The first-order chi connectivity index (χ1) is 6.36. The molecule has 0 atom stereocenters. The first-order valence-electron chi connectivity index (χ1n) is 4.10. The van der Waals surface area contributed by atoms with Gasteiger partial charge in [0.25, 0.3) is 5.91 Å². The van der Waals surface area contributed by atoms with Gasteiger partial charge in [-0.25, -0.2) is 4.98 Å². The highest BCUT2D eigenvalue weighted by Gasteiger charge is 2.18. The molecule has 0 aromatic carbocycles. The van der Waals surface area contributed by atoms with E-state index in [0.29, 0.717) is 12.2 Å². The van der Waals surface area contributed by atoms with Gasteiger partial charge in [0.05, 0.1) is 12.7 Å². The summed E-state index contributed by atoms with van der Waals surface area (Å²) < 4.78 is 1.89. The molecule has 5 heteroatoms. The van der Waals surface area contributed by atoms with Crippen molar-refractivity contribution in [2.45, 2.75) is 6.54 Å². The van der Waals surface area contributed by atoms with Gasteiger partial charge in [0.2, 0.25) is 0 Å². The Morgan fingerprint density at radius 1 is 1.43 bits per heavy atom. The molecule has 0 fully saturated rings. The zero-order valence-electron chi connectivity index (χ0n) is 7.23. The third-order valence-corrected chi connectivity index (χ3v) is 2.27. The van der Waals surface area contributed by atoms with Crippen molar-refractivity contribution in [3.8, 4) is 0 Å². The highest BCUT2D eigenvalue weighted by molar-refractivity contribution is 5.94. The van der Waals surface area contributed by atoms with Crippen LogP contribution in [-0.4, -0.2) is 15.3 Å². The van der Waals surface area contributed by atoms with E-state index < -0.39 is 0 Å². The molecule has 0 spiro atoms. The predicted octanol–water partition coefficient (Wildman–Crippen LogP) is 0.999. The topological polar surface area (TPSA) is 46.4 Å². The van der Waals surface area contributed by atoms with Crippen molar-refractivity contribution < 1.29 is 4.79 Å². The fourth-order valence-corrected chi connectivity index (χ4v) is 1.66. The number of carbonyl (C=O) groups excluding carboxylic acids is 1. The summed E-state index contributed by atoms with van der Waals surface area (Å²) in [6.07, 6.45) is 1.60. The number of aromatic nitrogens is 2. The molecule has 3 heterocycles. The van der Waals surface area contributed by atoms with Crippen LogP contribution in [0.15, 0.2) is 24.4 Å². The normalized spacial score (nSPS) is 13.6. The Morgan fingerprint density at radius 3 is 3.14 bits per heavy atom. The van der Waals surface area contributed by atoms with Gasteiger partial charge in [-0.2, -0.15) is 0 Å². The van der Waals surface area contributed by atoms with E-state index in [9.17, 15) is 4.79 Å². The van der Waals surface area contributed by atoms with E-state index >= 15 is 0 Å². The molecule has 3 rings (SSSR count). The Bertz CT molecular complexity index is 506. The third-order valence-electron chi connectivity index (χ3n) is 2.27. The lowest BCUT2D eigenvalue weighted by Gasteiger charge is -2.14. The van der Waals surface area contributed by atoms with Crippen molar-refractivity contribution in [2.75, 3.05) is 0 Å². The van der Waals surface area contributed by atoms with Crippen molar-refractivity contribution in [2.24, 2.45) is 0 Å². The largest absolute Gasteiger partial charge is 0.345 e. The number of rotatable bonds is 0. The third kappa shape index (κ3) is 1.01. The average molecular weight is 210 g/mol. The summed E-state index contributed by atoms with van der Waals surface area (Å²) in [4.78, 5) is 15.5. The molecule has 1 aliphatic heterocycles. The summed E-state index contributed by atoms with van der Waals surface area (Å²) >= 11 is 0. The van der Waals surface area contributed by atoms with Gasteiger partial charge in [-0.1, -0.05) is 6.07 Å². The van der Waals surface area contributed by atoms with Crippen molar-refractivity contribution in [1.29, 1.82) is 0 Å². The minimum Gasteiger partial charge on any atom is -0.345 e. The highest BCUT2D eigenvalue weighted by Crippen LogP contribution is 2.14. The summed E-state index contributed by atoms with van der Waals surface area (Å²) in [5, 5.41) is 2.78. The molecule has 1 N–H and O–H groups in total. The van der Waals surface area contributed by atoms with Crippen molar-refractivity contribution in [3.63, 3.8) is 0 Å². The zero-order valence-corrected chi connectivity index (χ0v) is 8.04. The van der Waals surface area contributed by atoms with E-state index in [1.54, 1.807) is 6.20 Å². The van der Waals surface area contributed by atoms with Gasteiger partial charge in [0.1, 0.15) is 11.3 Å². The average Bonchev–Trinajstić information content (AvgIpc) is 2.57. The van der Waals surface area contributed by atoms with Crippen molar-refractivity contribution >= 4 is 24.0 Å². The molecule has 4 nitrogen and oxygen atoms in total. The van der Waals surface area contributed by atoms with E-state index in [-0.39, 0.29) is 18.3 Å². The Balaban J connectivity index is 0.000000750. The van der Waals surface area contributed by atoms with Gasteiger partial charge in [0, 0.05) is 5.69 Å². The van der Waals surface area contributed by atoms with Crippen LogP contribution in [0.3, 0.4) is 0 Å². The molecule has 0 aliphatic carbocycles. The number of carbonyl (C=O) groups is 1. The second kappa shape index (κ2) is 2.99. The standard InChI is InChI=1S/C9H7N3O.ClH/c13-9-7-5-10-8-3-1-2-6(4-11-9)12(7)8;/h1-3,5H,4H2,(H,11,13);1H. The van der Waals surface area contributed by atoms with Gasteiger partial charge in [-0.15, -0.1) is 12.4 Å². The number of pyridine rings is 1. The van der Waals surface area contributed by atoms with Crippen LogP contribution in [0.4, 0.5) is 0 Å². The molecule has 1 amide bonds. The summed E-state index contributed by atoms with van der Waals surface area (Å²) in [5.74, 6) is -0.0498. The second-order valence-corrected chi connectivity index (χ2v) is 3.04. The molecule has 1 aliphatic rings. The Labute approximate surface area is 86.4 Å². The lowest BCUT2D eigenvalue weighted by molar-refractivity contribution is 0.0936. The summed E-state index contributed by atoms with van der Waals surface area (Å²) in [5.41, 5.74) is 2.53. The number of nitrogens with zero attached hydrogens (tertiary/aromatic N) is 2. The summed E-state index contributed by atoms with van der Waals surface area (Å²) in [7, 11) is 0. The molecule has 0 bridgehead atoms. The monoisotopic (exact) mass is 209 g/mol. The van der Waals surface area contributed by atoms with E-state index in [2.05, 4.69) is 10.3 Å². The Hall–Kier alpha value is -1.55. The van der Waals surface area contributed by atoms with Gasteiger partial charge < -0.3 is 5.32 Å². The van der Waals surface area contributed by atoms with Crippen LogP contribution in [0.2, 0.25) is 0 Å². The minimum atomic E-state index is -0.0498. The molecular formula is C9H8ClN3O. The molecule has 72 valence electrons. The van der Waals surface area contributed by atoms with Crippen LogP contribution in [-0.2, 0) is 6.54 Å². The molecule has 0 saturated carbocycles. The number of hydrogen-bond donors (Lipinski definition) is 1. The first kappa shape index (κ1) is 9.02. The Kier molecular flexibility index (Phi) is 1.93. The summed E-state index contributed by atoms with van der Waals surface area (Å²) in [6, 6.07) is 5.82. The lowest BCUT2D eigenvalue weighted by atomic mass is 10.2. The van der Waals surface area contributed by atoms with Gasteiger partial charge in [-0.3, -0.25) is 9.20 Å². The molecule has 0 unspecified atom stereocenters. The first-order valence-corrected chi connectivity index (χ1v) is 4.10. The van der Waals surface area contributed by atoms with Crippen molar-refractivity contribution in [3.05, 3.63) is 35.8 Å². The van der Waals surface area contributed by atoms with Crippen LogP contribution >= 0.6 is 12.4 Å². The lowest BCUT2D eigenvalue weighted by Crippen LogP contribution is -2.30. The molecule has 14 heavy (non-hydrogen) atoms. The Morgan fingerprint density at radius 2 is 2.29 bits per heavy atom. The van der Waals surface area contributed by atoms with Crippen LogP contribution in [0.1, 0.15) is 16.2 Å². The maximum absolute atomic E-state index is 11.4. The van der Waals surface area contributed by atoms with E-state index in [4.69, 9.17) is 0 Å². The van der Waals surface area contributed by atoms with E-state index in [1.807, 2.05) is 22.6 Å². The number of amides is 1. The van der Waals surface area contributed by atoms with Crippen LogP contribution in [0.25, 0.3) is 5.65 Å². The highest BCUT2D eigenvalue weighted by atomic mass is 35.5. The number of nitrogens with one attached hydrogen (secondary N) is 1. The predicted molar refractivity (Wildman–Crippen MR) is 53.6 cm³/mol. The molecule has 2 aromatic heterocycles. The molecule has 0 saturated heterocycles. The van der Waals surface area contributed by atoms with Crippen LogP contribution in [0.5, 0.6) is 0 Å². The number of hydrogen-bond acceptors (Lipinski definition) is 2. The molecule has 2 aromatic rings. The molecular weight excluding hydrogens is 202 g/mol. The van der Waals surface area contributed by atoms with Crippen LogP contribution < -0.4 is 5.32 Å². The quantitative estimate of drug-likeness (QED) is 0.704. The molecule has 0 radical (unpaired) electrons. The maximum atomic E-state index is 11.4. The van der Waals surface area contributed by atoms with E-state index in [0.717, 1.165) is 11.3 Å². The van der Waals surface area contributed by atoms with Crippen molar-refractivity contribution in [1.82, 2.24) is 14.7 Å². The maximum Gasteiger partial charge on any atom is 0.270 e. The second-order valence-electron chi connectivity index (χ2n) is 3.04. The SMILES string of the molecule is Cl.O=C1NCc2cccc3ncc1n23. The van der Waals surface area contributed by atoms with Crippen LogP contribution in [0, 0.1) is 0 Å². The minimum absolute atomic E-state index is 0. The number of imidazole rings is 1. The number of halogens is 1. The smallest absolute Gasteiger partial charge is 0.270 e.